The third kappa shape index (κ3) is 4.36. The predicted molar refractivity (Wildman–Crippen MR) is 125 cm³/mol. The van der Waals surface area contributed by atoms with Crippen LogP contribution in [0.2, 0.25) is 0 Å². The number of aromatic nitrogens is 2. The van der Waals surface area contributed by atoms with Gasteiger partial charge in [-0.15, -0.1) is 0 Å². The Morgan fingerprint density at radius 3 is 2.53 bits per heavy atom. The minimum absolute atomic E-state index is 0.0930. The second-order valence-corrected chi connectivity index (χ2v) is 8.37. The van der Waals surface area contributed by atoms with Crippen LogP contribution in [0.3, 0.4) is 0 Å². The molecule has 0 aliphatic carbocycles. The molecule has 6 heteroatoms. The number of rotatable bonds is 5. The molecule has 1 aliphatic heterocycles. The lowest BCUT2D eigenvalue weighted by Gasteiger charge is -2.30. The van der Waals surface area contributed by atoms with Gasteiger partial charge in [0.2, 0.25) is 0 Å². The number of nitrogens with one attached hydrogen (secondary N) is 2. The van der Waals surface area contributed by atoms with Gasteiger partial charge in [0.15, 0.2) is 0 Å². The van der Waals surface area contributed by atoms with Crippen LogP contribution in [0.4, 0.5) is 0 Å². The van der Waals surface area contributed by atoms with Crippen molar-refractivity contribution in [1.82, 2.24) is 14.9 Å². The highest BCUT2D eigenvalue weighted by Gasteiger charge is 2.22. The standard InChI is InChI=1S/C26H26N4O2/c1-29-13-15-30(16-14-29)26(31)21-9-12-23-24(17-21)28-25(27-23)20-7-10-22(11-8-20)32-18-19-5-3-2-4-6-19/h2-12,17H,13-16,18H2,1H3,(H,27,28)/p+1. The molecule has 5 rings (SSSR count). The van der Waals surface area contributed by atoms with Crippen LogP contribution in [0, 0.1) is 0 Å². The summed E-state index contributed by atoms with van der Waals surface area (Å²) in [6.45, 7) is 4.13. The highest BCUT2D eigenvalue weighted by Crippen LogP contribution is 2.24. The van der Waals surface area contributed by atoms with Crippen LogP contribution in [0.1, 0.15) is 15.9 Å². The van der Waals surface area contributed by atoms with Gasteiger partial charge in [0.1, 0.15) is 18.2 Å². The largest absolute Gasteiger partial charge is 0.489 e. The van der Waals surface area contributed by atoms with Gasteiger partial charge in [-0.25, -0.2) is 4.98 Å². The maximum Gasteiger partial charge on any atom is 0.254 e. The number of hydrogen-bond donors (Lipinski definition) is 2. The molecule has 0 spiro atoms. The first-order chi connectivity index (χ1) is 15.7. The molecule has 4 aromatic rings. The van der Waals surface area contributed by atoms with Crippen molar-refractivity contribution >= 4 is 16.9 Å². The molecule has 2 heterocycles. The monoisotopic (exact) mass is 427 g/mol. The molecule has 0 radical (unpaired) electrons. The summed E-state index contributed by atoms with van der Waals surface area (Å²) in [7, 11) is 2.17. The van der Waals surface area contributed by atoms with E-state index < -0.39 is 0 Å². The molecule has 0 bridgehead atoms. The summed E-state index contributed by atoms with van der Waals surface area (Å²) in [6, 6.07) is 23.7. The first-order valence-corrected chi connectivity index (χ1v) is 11.0. The predicted octanol–water partition coefficient (Wildman–Crippen LogP) is 2.78. The van der Waals surface area contributed by atoms with Crippen molar-refractivity contribution in [2.75, 3.05) is 33.2 Å². The van der Waals surface area contributed by atoms with E-state index in [9.17, 15) is 4.79 Å². The van der Waals surface area contributed by atoms with Gasteiger partial charge < -0.3 is 19.5 Å². The van der Waals surface area contributed by atoms with Gasteiger partial charge in [-0.05, 0) is 48.0 Å². The number of hydrogen-bond acceptors (Lipinski definition) is 3. The zero-order valence-electron chi connectivity index (χ0n) is 18.2. The SMILES string of the molecule is C[NH+]1CCN(C(=O)c2ccc3nc(-c4ccc(OCc5ccccc5)cc4)[nH]c3c2)CC1. The Balaban J connectivity index is 1.30. The average Bonchev–Trinajstić information content (AvgIpc) is 3.27. The Labute approximate surface area is 187 Å². The van der Waals surface area contributed by atoms with Crippen molar-refractivity contribution in [2.45, 2.75) is 6.61 Å². The van der Waals surface area contributed by atoms with E-state index in [2.05, 4.69) is 12.0 Å². The van der Waals surface area contributed by atoms with Crippen LogP contribution in [-0.4, -0.2) is 54.0 Å². The minimum Gasteiger partial charge on any atom is -0.489 e. The molecule has 0 atom stereocenters. The number of ether oxygens (including phenoxy) is 1. The summed E-state index contributed by atoms with van der Waals surface area (Å²) < 4.78 is 5.87. The number of carbonyl (C=O) groups is 1. The normalized spacial score (nSPS) is 14.6. The summed E-state index contributed by atoms with van der Waals surface area (Å²) >= 11 is 0. The average molecular weight is 428 g/mol. The number of H-pyrrole nitrogens is 1. The fraction of sp³-hybridized carbons (Fsp3) is 0.231. The third-order valence-corrected chi connectivity index (χ3v) is 6.01. The maximum atomic E-state index is 12.9. The number of piperazine rings is 1. The highest BCUT2D eigenvalue weighted by atomic mass is 16.5. The van der Waals surface area contributed by atoms with Gasteiger partial charge in [0, 0.05) is 11.1 Å². The summed E-state index contributed by atoms with van der Waals surface area (Å²) in [5.41, 5.74) is 4.54. The number of amides is 1. The second-order valence-electron chi connectivity index (χ2n) is 8.37. The smallest absolute Gasteiger partial charge is 0.254 e. The molecule has 0 saturated carbocycles. The van der Waals surface area contributed by atoms with E-state index in [-0.39, 0.29) is 5.91 Å². The molecule has 162 valence electrons. The number of quaternary nitrogens is 1. The lowest BCUT2D eigenvalue weighted by molar-refractivity contribution is -0.883. The van der Waals surface area contributed by atoms with Gasteiger partial charge in [0.05, 0.1) is 44.3 Å². The van der Waals surface area contributed by atoms with Crippen LogP contribution in [0.15, 0.2) is 72.8 Å². The zero-order chi connectivity index (χ0) is 21.9. The Hall–Kier alpha value is -3.64. The van der Waals surface area contributed by atoms with E-state index >= 15 is 0 Å². The molecule has 1 aromatic heterocycles. The number of aromatic amines is 1. The quantitative estimate of drug-likeness (QED) is 0.515. The van der Waals surface area contributed by atoms with Crippen molar-refractivity contribution in [2.24, 2.45) is 0 Å². The maximum absolute atomic E-state index is 12.9. The molecular formula is C26H27N4O2+. The molecule has 2 N–H and O–H groups in total. The number of fused-ring (bicyclic) bond motifs is 1. The van der Waals surface area contributed by atoms with Gasteiger partial charge >= 0.3 is 0 Å². The van der Waals surface area contributed by atoms with Gasteiger partial charge in [-0.1, -0.05) is 30.3 Å². The van der Waals surface area contributed by atoms with E-state index in [1.807, 2.05) is 77.7 Å². The van der Waals surface area contributed by atoms with Crippen LogP contribution in [0.5, 0.6) is 5.75 Å². The van der Waals surface area contributed by atoms with Crippen LogP contribution in [0.25, 0.3) is 22.4 Å². The molecule has 32 heavy (non-hydrogen) atoms. The molecule has 1 amide bonds. The first-order valence-electron chi connectivity index (χ1n) is 11.0. The summed E-state index contributed by atoms with van der Waals surface area (Å²) in [6.07, 6.45) is 0. The molecule has 1 saturated heterocycles. The summed E-state index contributed by atoms with van der Waals surface area (Å²) in [5.74, 6) is 1.69. The minimum atomic E-state index is 0.0930. The van der Waals surface area contributed by atoms with Crippen molar-refractivity contribution in [3.05, 3.63) is 83.9 Å². The van der Waals surface area contributed by atoms with E-state index in [0.29, 0.717) is 12.2 Å². The van der Waals surface area contributed by atoms with Crippen molar-refractivity contribution in [3.63, 3.8) is 0 Å². The fourth-order valence-electron chi connectivity index (χ4n) is 4.00. The second kappa shape index (κ2) is 8.85. The third-order valence-electron chi connectivity index (χ3n) is 6.01. The molecule has 3 aromatic carbocycles. The van der Waals surface area contributed by atoms with E-state index in [1.165, 1.54) is 4.90 Å². The Bertz CT molecular complexity index is 1210. The number of benzene rings is 3. The molecule has 1 fully saturated rings. The molecular weight excluding hydrogens is 400 g/mol. The lowest BCUT2D eigenvalue weighted by Crippen LogP contribution is -3.12. The van der Waals surface area contributed by atoms with Crippen molar-refractivity contribution in [3.8, 4) is 17.1 Å². The zero-order valence-corrected chi connectivity index (χ0v) is 18.2. The highest BCUT2D eigenvalue weighted by molar-refractivity contribution is 5.97. The van der Waals surface area contributed by atoms with Crippen molar-refractivity contribution in [1.29, 1.82) is 0 Å². The molecule has 0 unspecified atom stereocenters. The Morgan fingerprint density at radius 2 is 1.78 bits per heavy atom. The topological polar surface area (TPSA) is 62.7 Å². The summed E-state index contributed by atoms with van der Waals surface area (Å²) in [5, 5.41) is 0. The van der Waals surface area contributed by atoms with Gasteiger partial charge in [-0.2, -0.15) is 0 Å². The number of imidazole rings is 1. The van der Waals surface area contributed by atoms with E-state index in [4.69, 9.17) is 9.72 Å². The molecule has 1 aliphatic rings. The fourth-order valence-corrected chi connectivity index (χ4v) is 4.00. The number of nitrogens with zero attached hydrogens (tertiary/aromatic N) is 2. The first kappa shape index (κ1) is 20.3. The Kier molecular flexibility index (Phi) is 5.60. The Morgan fingerprint density at radius 1 is 1.03 bits per heavy atom. The summed E-state index contributed by atoms with van der Waals surface area (Å²) in [4.78, 5) is 24.4. The van der Waals surface area contributed by atoms with E-state index in [1.54, 1.807) is 0 Å². The number of likely N-dealkylation sites (N-methyl/N-ethyl adjacent to an activating group) is 1. The van der Waals surface area contributed by atoms with Crippen LogP contribution in [-0.2, 0) is 6.61 Å². The van der Waals surface area contributed by atoms with Crippen LogP contribution < -0.4 is 9.64 Å². The van der Waals surface area contributed by atoms with Crippen molar-refractivity contribution < 1.29 is 14.4 Å². The molecule has 6 nitrogen and oxygen atoms in total. The number of carbonyl (C=O) groups excluding carboxylic acids is 1. The van der Waals surface area contributed by atoms with Gasteiger partial charge in [-0.3, -0.25) is 4.79 Å². The lowest BCUT2D eigenvalue weighted by atomic mass is 10.1. The van der Waals surface area contributed by atoms with Gasteiger partial charge in [0.25, 0.3) is 5.91 Å². The van der Waals surface area contributed by atoms with Crippen LogP contribution >= 0.6 is 0 Å². The van der Waals surface area contributed by atoms with E-state index in [0.717, 1.165) is 59.9 Å².